The van der Waals surface area contributed by atoms with Crippen molar-refractivity contribution in [1.82, 2.24) is 10.0 Å². The highest BCUT2D eigenvalue weighted by Crippen LogP contribution is 2.19. The van der Waals surface area contributed by atoms with Gasteiger partial charge in [0.25, 0.3) is 0 Å². The molecule has 0 heterocycles. The van der Waals surface area contributed by atoms with Gasteiger partial charge in [-0.3, -0.25) is 4.79 Å². The van der Waals surface area contributed by atoms with E-state index in [0.29, 0.717) is 6.54 Å². The lowest BCUT2D eigenvalue weighted by atomic mass is 10.0. The van der Waals surface area contributed by atoms with Gasteiger partial charge < -0.3 is 11.1 Å². The van der Waals surface area contributed by atoms with Gasteiger partial charge in [0.15, 0.2) is 0 Å². The molecule has 6 nitrogen and oxygen atoms in total. The number of hydrogen-bond donors (Lipinski definition) is 3. The van der Waals surface area contributed by atoms with Crippen LogP contribution in [0.5, 0.6) is 0 Å². The monoisotopic (exact) mass is 425 g/mol. The molecule has 0 aliphatic rings. The summed E-state index contributed by atoms with van der Waals surface area (Å²) in [6.07, 6.45) is 0.232. The van der Waals surface area contributed by atoms with Gasteiger partial charge in [-0.1, -0.05) is 54.6 Å². The van der Waals surface area contributed by atoms with Crippen molar-refractivity contribution in [2.45, 2.75) is 43.8 Å². The summed E-state index contributed by atoms with van der Waals surface area (Å²) in [5.74, 6) is -0.364. The van der Waals surface area contributed by atoms with Crippen molar-refractivity contribution in [2.24, 2.45) is 5.73 Å². The van der Waals surface area contributed by atoms with Gasteiger partial charge in [-0.15, -0.1) is 0 Å². The number of rotatable bonds is 8. The Bertz CT molecular complexity index is 1130. The zero-order valence-corrected chi connectivity index (χ0v) is 17.9. The minimum atomic E-state index is -3.90. The van der Waals surface area contributed by atoms with Crippen LogP contribution in [0, 0.1) is 0 Å². The number of sulfonamides is 1. The van der Waals surface area contributed by atoms with E-state index in [9.17, 15) is 13.2 Å². The van der Waals surface area contributed by atoms with Gasteiger partial charge in [-0.2, -0.15) is 4.72 Å². The fourth-order valence-electron chi connectivity index (χ4n) is 3.21. The van der Waals surface area contributed by atoms with Crippen molar-refractivity contribution in [3.05, 3.63) is 77.9 Å². The molecular weight excluding hydrogens is 398 g/mol. The molecule has 1 atom stereocenters. The summed E-state index contributed by atoms with van der Waals surface area (Å²) in [6.45, 7) is 4.10. The highest BCUT2D eigenvalue weighted by Gasteiger charge is 2.26. The Labute approximate surface area is 177 Å². The van der Waals surface area contributed by atoms with E-state index < -0.39 is 16.1 Å². The Morgan fingerprint density at radius 2 is 1.57 bits per heavy atom. The first-order valence-electron chi connectivity index (χ1n) is 9.88. The van der Waals surface area contributed by atoms with Gasteiger partial charge in [0, 0.05) is 12.6 Å². The number of fused-ring (bicyclic) bond motifs is 1. The molecule has 30 heavy (non-hydrogen) atoms. The standard InChI is InChI=1S/C23H27N3O3S/c1-16(2)25-23(27)22(13-17-7-9-18(15-24)10-8-17)26-30(28,29)21-12-11-19-5-3-4-6-20(19)14-21/h3-12,14,16,22,26H,13,15,24H2,1-2H3,(H,25,27)/t22-/m0/s1. The lowest BCUT2D eigenvalue weighted by Crippen LogP contribution is -2.49. The first kappa shape index (κ1) is 22.0. The van der Waals surface area contributed by atoms with Crippen molar-refractivity contribution in [2.75, 3.05) is 0 Å². The van der Waals surface area contributed by atoms with Gasteiger partial charge in [0.1, 0.15) is 6.04 Å². The van der Waals surface area contributed by atoms with Crippen molar-refractivity contribution < 1.29 is 13.2 Å². The molecule has 7 heteroatoms. The topological polar surface area (TPSA) is 101 Å². The molecule has 0 unspecified atom stereocenters. The summed E-state index contributed by atoms with van der Waals surface area (Å²) in [7, 11) is -3.90. The van der Waals surface area contributed by atoms with E-state index in [1.165, 1.54) is 0 Å². The minimum absolute atomic E-state index is 0.107. The van der Waals surface area contributed by atoms with Crippen molar-refractivity contribution in [3.8, 4) is 0 Å². The smallest absolute Gasteiger partial charge is 0.241 e. The maximum atomic E-state index is 13.1. The molecule has 0 aromatic heterocycles. The number of nitrogens with two attached hydrogens (primary N) is 1. The van der Waals surface area contributed by atoms with Crippen LogP contribution in [-0.4, -0.2) is 26.4 Å². The highest BCUT2D eigenvalue weighted by atomic mass is 32.2. The van der Waals surface area contributed by atoms with Crippen LogP contribution in [0.25, 0.3) is 10.8 Å². The molecule has 1 amide bonds. The largest absolute Gasteiger partial charge is 0.353 e. The number of benzene rings is 3. The maximum absolute atomic E-state index is 13.1. The number of carbonyl (C=O) groups is 1. The molecular formula is C23H27N3O3S. The summed E-state index contributed by atoms with van der Waals surface area (Å²) in [6, 6.07) is 18.9. The van der Waals surface area contributed by atoms with Crippen molar-refractivity contribution in [3.63, 3.8) is 0 Å². The van der Waals surface area contributed by atoms with E-state index in [-0.39, 0.29) is 23.3 Å². The highest BCUT2D eigenvalue weighted by molar-refractivity contribution is 7.89. The minimum Gasteiger partial charge on any atom is -0.353 e. The average Bonchev–Trinajstić information content (AvgIpc) is 2.72. The predicted octanol–water partition coefficient (Wildman–Crippen LogP) is 2.71. The summed E-state index contributed by atoms with van der Waals surface area (Å²) in [5, 5.41) is 4.57. The molecule has 0 aliphatic heterocycles. The van der Waals surface area contributed by atoms with E-state index in [0.717, 1.165) is 21.9 Å². The zero-order chi connectivity index (χ0) is 21.7. The quantitative estimate of drug-likeness (QED) is 0.516. The van der Waals surface area contributed by atoms with Crippen LogP contribution in [0.4, 0.5) is 0 Å². The van der Waals surface area contributed by atoms with E-state index >= 15 is 0 Å². The molecule has 4 N–H and O–H groups in total. The predicted molar refractivity (Wildman–Crippen MR) is 119 cm³/mol. The molecule has 0 spiro atoms. The molecule has 3 aromatic carbocycles. The Morgan fingerprint density at radius 1 is 0.933 bits per heavy atom. The van der Waals surface area contributed by atoms with Crippen LogP contribution in [0.1, 0.15) is 25.0 Å². The third-order valence-electron chi connectivity index (χ3n) is 4.77. The fourth-order valence-corrected chi connectivity index (χ4v) is 4.44. The van der Waals surface area contributed by atoms with Crippen LogP contribution in [0.2, 0.25) is 0 Å². The number of carbonyl (C=O) groups excluding carboxylic acids is 1. The van der Waals surface area contributed by atoms with Crippen LogP contribution in [0.3, 0.4) is 0 Å². The second-order valence-electron chi connectivity index (χ2n) is 7.57. The summed E-state index contributed by atoms with van der Waals surface area (Å²) >= 11 is 0. The number of amides is 1. The Hall–Kier alpha value is -2.74. The third-order valence-corrected chi connectivity index (χ3v) is 6.24. The van der Waals surface area contributed by atoms with E-state index in [4.69, 9.17) is 5.73 Å². The number of nitrogens with one attached hydrogen (secondary N) is 2. The average molecular weight is 426 g/mol. The second kappa shape index (κ2) is 9.38. The molecule has 0 saturated heterocycles. The van der Waals surface area contributed by atoms with Crippen LogP contribution in [-0.2, 0) is 27.8 Å². The Balaban J connectivity index is 1.88. The molecule has 0 radical (unpaired) electrons. The molecule has 3 aromatic rings. The summed E-state index contributed by atoms with van der Waals surface area (Å²) < 4.78 is 28.7. The molecule has 0 aliphatic carbocycles. The summed E-state index contributed by atoms with van der Waals surface area (Å²) in [4.78, 5) is 12.9. The van der Waals surface area contributed by atoms with Gasteiger partial charge >= 0.3 is 0 Å². The summed E-state index contributed by atoms with van der Waals surface area (Å²) in [5.41, 5.74) is 7.45. The molecule has 0 bridgehead atoms. The van der Waals surface area contributed by atoms with E-state index in [1.807, 2.05) is 62.4 Å². The second-order valence-corrected chi connectivity index (χ2v) is 9.28. The van der Waals surface area contributed by atoms with E-state index in [1.54, 1.807) is 18.2 Å². The first-order valence-corrected chi connectivity index (χ1v) is 11.4. The normalized spacial score (nSPS) is 12.8. The molecule has 0 fully saturated rings. The lowest BCUT2D eigenvalue weighted by molar-refractivity contribution is -0.123. The SMILES string of the molecule is CC(C)NC(=O)[C@H](Cc1ccc(CN)cc1)NS(=O)(=O)c1ccc2ccccc2c1. The number of hydrogen-bond acceptors (Lipinski definition) is 4. The van der Waals surface area contributed by atoms with Gasteiger partial charge in [-0.25, -0.2) is 8.42 Å². The van der Waals surface area contributed by atoms with Crippen molar-refractivity contribution in [1.29, 1.82) is 0 Å². The lowest BCUT2D eigenvalue weighted by Gasteiger charge is -2.20. The molecule has 3 rings (SSSR count). The van der Waals surface area contributed by atoms with Crippen molar-refractivity contribution >= 4 is 26.7 Å². The van der Waals surface area contributed by atoms with Gasteiger partial charge in [-0.05, 0) is 54.3 Å². The van der Waals surface area contributed by atoms with Crippen LogP contribution >= 0.6 is 0 Å². The Morgan fingerprint density at radius 3 is 2.20 bits per heavy atom. The van der Waals surface area contributed by atoms with Gasteiger partial charge in [0.05, 0.1) is 4.90 Å². The van der Waals surface area contributed by atoms with E-state index in [2.05, 4.69) is 10.0 Å². The fraction of sp³-hybridized carbons (Fsp3) is 0.261. The maximum Gasteiger partial charge on any atom is 0.241 e. The van der Waals surface area contributed by atoms with Gasteiger partial charge in [0.2, 0.25) is 15.9 Å². The van der Waals surface area contributed by atoms with Crippen LogP contribution < -0.4 is 15.8 Å². The Kier molecular flexibility index (Phi) is 6.87. The van der Waals surface area contributed by atoms with Crippen LogP contribution in [0.15, 0.2) is 71.6 Å². The molecule has 0 saturated carbocycles. The first-order chi connectivity index (χ1) is 14.3. The third kappa shape index (κ3) is 5.44. The zero-order valence-electron chi connectivity index (χ0n) is 17.1. The molecule has 158 valence electrons.